The molecule has 0 spiro atoms. The summed E-state index contributed by atoms with van der Waals surface area (Å²) in [5.41, 5.74) is 2.87. The molecule has 1 heterocycles. The molecule has 0 atom stereocenters. The Morgan fingerprint density at radius 1 is 1.07 bits per heavy atom. The van der Waals surface area contributed by atoms with Gasteiger partial charge in [-0.05, 0) is 37.3 Å². The number of hydrogen-bond donors (Lipinski definition) is 1. The Hall–Kier alpha value is -2.43. The molecule has 140 valence electrons. The highest BCUT2D eigenvalue weighted by Gasteiger charge is 2.16. The lowest BCUT2D eigenvalue weighted by Crippen LogP contribution is -2.29. The molecule has 27 heavy (non-hydrogen) atoms. The van der Waals surface area contributed by atoms with Gasteiger partial charge in [-0.25, -0.2) is 9.55 Å². The molecule has 6 heteroatoms. The van der Waals surface area contributed by atoms with Gasteiger partial charge in [0.15, 0.2) is 5.76 Å². The number of aromatic amines is 1. The predicted molar refractivity (Wildman–Crippen MR) is 109 cm³/mol. The van der Waals surface area contributed by atoms with Crippen LogP contribution in [0.2, 0.25) is 10.0 Å². The molecular weight excluding hydrogens is 383 g/mol. The van der Waals surface area contributed by atoms with Crippen LogP contribution >= 0.6 is 23.2 Å². The molecule has 3 aromatic rings. The van der Waals surface area contributed by atoms with E-state index in [2.05, 4.69) is 4.98 Å². The average molecular weight is 404 g/mol. The highest BCUT2D eigenvalue weighted by molar-refractivity contribution is 6.35. The van der Waals surface area contributed by atoms with E-state index in [1.54, 1.807) is 12.1 Å². The van der Waals surface area contributed by atoms with E-state index >= 15 is 0 Å². The molecule has 1 aromatic heterocycles. The normalized spacial score (nSPS) is 11.9. The van der Waals surface area contributed by atoms with Crippen LogP contribution in [0.4, 0.5) is 0 Å². The van der Waals surface area contributed by atoms with Gasteiger partial charge in [0, 0.05) is 17.5 Å². The number of ether oxygens (including phenoxy) is 2. The molecule has 0 aliphatic carbocycles. The molecular formula is C21H21Cl2N2O2+. The Labute approximate surface area is 169 Å². The first kappa shape index (κ1) is 19.3. The maximum absolute atomic E-state index is 6.41. The number of benzene rings is 2. The smallest absolute Gasteiger partial charge is 0.246 e. The van der Waals surface area contributed by atoms with E-state index in [0.717, 1.165) is 17.0 Å². The van der Waals surface area contributed by atoms with Crippen LogP contribution in [0.15, 0.2) is 61.2 Å². The van der Waals surface area contributed by atoms with Crippen molar-refractivity contribution < 1.29 is 14.0 Å². The number of nitrogens with one attached hydrogen (secondary N) is 1. The molecule has 2 aromatic carbocycles. The minimum absolute atomic E-state index is 0.379. The van der Waals surface area contributed by atoms with E-state index in [0.29, 0.717) is 29.0 Å². The van der Waals surface area contributed by atoms with E-state index < -0.39 is 0 Å². The summed E-state index contributed by atoms with van der Waals surface area (Å²) in [6.07, 6.45) is 5.59. The van der Waals surface area contributed by atoms with Crippen molar-refractivity contribution in [3.63, 3.8) is 0 Å². The monoisotopic (exact) mass is 403 g/mol. The number of halogens is 2. The minimum Gasteiger partial charge on any atom is -0.490 e. The van der Waals surface area contributed by atoms with E-state index in [9.17, 15) is 0 Å². The Bertz CT molecular complexity index is 920. The fourth-order valence-electron chi connectivity index (χ4n) is 2.60. The first-order valence-corrected chi connectivity index (χ1v) is 9.33. The molecule has 3 rings (SSSR count). The van der Waals surface area contributed by atoms with Crippen molar-refractivity contribution in [2.75, 3.05) is 13.2 Å². The Morgan fingerprint density at radius 2 is 1.85 bits per heavy atom. The predicted octanol–water partition coefficient (Wildman–Crippen LogP) is 5.36. The summed E-state index contributed by atoms with van der Waals surface area (Å²) in [6.45, 7) is 4.81. The number of imidazole rings is 1. The Kier molecular flexibility index (Phi) is 6.43. The Balaban J connectivity index is 1.76. The van der Waals surface area contributed by atoms with Crippen LogP contribution in [-0.4, -0.2) is 18.2 Å². The second-order valence-corrected chi connectivity index (χ2v) is 6.91. The van der Waals surface area contributed by atoms with Crippen LogP contribution in [0, 0.1) is 6.92 Å². The van der Waals surface area contributed by atoms with Crippen LogP contribution < -0.4 is 9.30 Å². The number of nitrogens with zero attached hydrogens (tertiary/aromatic N) is 1. The third kappa shape index (κ3) is 5.06. The van der Waals surface area contributed by atoms with Crippen molar-refractivity contribution in [1.82, 2.24) is 4.98 Å². The van der Waals surface area contributed by atoms with Gasteiger partial charge in [0.2, 0.25) is 6.33 Å². The second-order valence-electron chi connectivity index (χ2n) is 6.07. The SMILES string of the molecule is C/C(=C(/OCCOc1ccc(C)cc1)c1ccc(Cl)cc1Cl)[n+]1cc[nH]c1. The van der Waals surface area contributed by atoms with Gasteiger partial charge in [-0.15, -0.1) is 0 Å². The van der Waals surface area contributed by atoms with Crippen LogP contribution in [0.5, 0.6) is 5.75 Å². The topological polar surface area (TPSA) is 38.1 Å². The maximum Gasteiger partial charge on any atom is 0.246 e. The number of hydrogen-bond acceptors (Lipinski definition) is 2. The molecule has 0 radical (unpaired) electrons. The van der Waals surface area contributed by atoms with Crippen LogP contribution in [0.1, 0.15) is 18.1 Å². The summed E-state index contributed by atoms with van der Waals surface area (Å²) in [7, 11) is 0. The van der Waals surface area contributed by atoms with Crippen molar-refractivity contribution in [2.24, 2.45) is 0 Å². The molecule has 0 aliphatic rings. The summed E-state index contributed by atoms with van der Waals surface area (Å²) in [6, 6.07) is 13.3. The summed E-state index contributed by atoms with van der Waals surface area (Å²) in [5.74, 6) is 1.49. The molecule has 0 unspecified atom stereocenters. The summed E-state index contributed by atoms with van der Waals surface area (Å²) in [5, 5.41) is 1.12. The van der Waals surface area contributed by atoms with E-state index in [1.807, 2.05) is 67.5 Å². The largest absolute Gasteiger partial charge is 0.490 e. The molecule has 0 aliphatic heterocycles. The van der Waals surface area contributed by atoms with Crippen LogP contribution in [0.25, 0.3) is 11.5 Å². The fourth-order valence-corrected chi connectivity index (χ4v) is 3.10. The lowest BCUT2D eigenvalue weighted by atomic mass is 10.1. The summed E-state index contributed by atoms with van der Waals surface area (Å²) < 4.78 is 13.8. The summed E-state index contributed by atoms with van der Waals surface area (Å²) in [4.78, 5) is 3.03. The molecule has 0 saturated heterocycles. The molecule has 4 nitrogen and oxygen atoms in total. The van der Waals surface area contributed by atoms with Gasteiger partial charge in [0.25, 0.3) is 0 Å². The van der Waals surface area contributed by atoms with E-state index in [1.165, 1.54) is 5.56 Å². The lowest BCUT2D eigenvalue weighted by Gasteiger charge is -2.15. The minimum atomic E-state index is 0.379. The van der Waals surface area contributed by atoms with Crippen molar-refractivity contribution >= 4 is 34.7 Å². The third-order valence-electron chi connectivity index (χ3n) is 4.06. The van der Waals surface area contributed by atoms with Crippen molar-refractivity contribution in [2.45, 2.75) is 13.8 Å². The van der Waals surface area contributed by atoms with Gasteiger partial charge in [0.05, 0.1) is 5.02 Å². The van der Waals surface area contributed by atoms with Gasteiger partial charge >= 0.3 is 0 Å². The molecule has 0 saturated carbocycles. The van der Waals surface area contributed by atoms with Gasteiger partial charge in [0.1, 0.15) is 37.1 Å². The zero-order valence-electron chi connectivity index (χ0n) is 15.2. The van der Waals surface area contributed by atoms with Gasteiger partial charge in [-0.3, -0.25) is 0 Å². The maximum atomic E-state index is 6.41. The van der Waals surface area contributed by atoms with Crippen molar-refractivity contribution in [1.29, 1.82) is 0 Å². The standard InChI is InChI=1S/C21H20Cl2N2O2/c1-15-3-6-18(7-4-15)26-11-12-27-21(16(2)25-10-9-24-14-25)19-8-5-17(22)13-20(19)23/h3-10,13-14H,11-12H2,1-2H3/p+1/b21-16-. The van der Waals surface area contributed by atoms with Crippen molar-refractivity contribution in [3.8, 4) is 5.75 Å². The zero-order valence-corrected chi connectivity index (χ0v) is 16.7. The zero-order chi connectivity index (χ0) is 19.2. The third-order valence-corrected chi connectivity index (χ3v) is 4.60. The average Bonchev–Trinajstić information content (AvgIpc) is 3.18. The summed E-state index contributed by atoms with van der Waals surface area (Å²) >= 11 is 12.4. The number of aryl methyl sites for hydroxylation is 1. The van der Waals surface area contributed by atoms with Gasteiger partial charge in [-0.1, -0.05) is 40.9 Å². The first-order chi connectivity index (χ1) is 13.0. The number of allylic oxidation sites excluding steroid dienone is 1. The van der Waals surface area contributed by atoms with Gasteiger partial charge in [-0.2, -0.15) is 0 Å². The quantitative estimate of drug-likeness (QED) is 0.327. The van der Waals surface area contributed by atoms with Gasteiger partial charge < -0.3 is 9.47 Å². The highest BCUT2D eigenvalue weighted by Crippen LogP contribution is 2.30. The van der Waals surface area contributed by atoms with Crippen LogP contribution in [-0.2, 0) is 4.74 Å². The van der Waals surface area contributed by atoms with Crippen molar-refractivity contribution in [3.05, 3.63) is 82.4 Å². The number of aromatic nitrogens is 2. The molecule has 0 fully saturated rings. The highest BCUT2D eigenvalue weighted by atomic mass is 35.5. The molecule has 0 bridgehead atoms. The Morgan fingerprint density at radius 3 is 2.52 bits per heavy atom. The second kappa shape index (κ2) is 8.98. The first-order valence-electron chi connectivity index (χ1n) is 8.57. The van der Waals surface area contributed by atoms with E-state index in [-0.39, 0.29) is 0 Å². The lowest BCUT2D eigenvalue weighted by molar-refractivity contribution is -0.579. The molecule has 1 N–H and O–H groups in total. The number of rotatable bonds is 7. The van der Waals surface area contributed by atoms with Crippen LogP contribution in [0.3, 0.4) is 0 Å². The van der Waals surface area contributed by atoms with E-state index in [4.69, 9.17) is 32.7 Å². The molecule has 0 amide bonds. The fraction of sp³-hybridized carbons (Fsp3) is 0.190. The number of H-pyrrole nitrogens is 1.